The molecule has 12 N–H and O–H groups in total. The van der Waals surface area contributed by atoms with Gasteiger partial charge in [0.1, 0.15) is 0 Å². The lowest BCUT2D eigenvalue weighted by atomic mass is 10.0. The molecule has 0 radical (unpaired) electrons. The van der Waals surface area contributed by atoms with Gasteiger partial charge in [0, 0.05) is 68.4 Å². The summed E-state index contributed by atoms with van der Waals surface area (Å²) in [6, 6.07) is 15.7. The van der Waals surface area contributed by atoms with Gasteiger partial charge in [-0.3, -0.25) is 28.8 Å². The van der Waals surface area contributed by atoms with Gasteiger partial charge in [-0.1, -0.05) is 73.5 Å². The Kier molecular flexibility index (Phi) is 23.5. The summed E-state index contributed by atoms with van der Waals surface area (Å²) < 4.78 is 0. The van der Waals surface area contributed by atoms with E-state index in [4.69, 9.17) is 17.2 Å². The Labute approximate surface area is 337 Å². The molecule has 15 heteroatoms. The third-order valence-electron chi connectivity index (χ3n) is 9.25. The summed E-state index contributed by atoms with van der Waals surface area (Å²) in [5.74, 6) is -2.67. The average Bonchev–Trinajstić information content (AvgIpc) is 3.11. The minimum absolute atomic E-state index is 0.0243. The SMILES string of the molecule is C[C@H](N)CC(=O)N[C@@H](CCCCN)CC(=O)N[C@H](CC(=O)N[C@@H](C)CC(=O)N[C@@H](CCCCN)CC(=O)N[C@H](CC(=O)O)Cc1ccccc1)Cc1ccccc1. The monoisotopic (exact) mass is 795 g/mol. The lowest BCUT2D eigenvalue weighted by molar-refractivity contribution is -0.138. The summed E-state index contributed by atoms with van der Waals surface area (Å²) in [5, 5.41) is 24.0. The molecule has 0 saturated heterocycles. The Balaban J connectivity index is 2.03. The average molecular weight is 795 g/mol. The molecular formula is C42H66N8O7. The molecule has 0 aliphatic heterocycles. The number of benzene rings is 2. The minimum atomic E-state index is -1.03. The van der Waals surface area contributed by atoms with Crippen molar-refractivity contribution in [3.8, 4) is 0 Å². The van der Waals surface area contributed by atoms with Crippen LogP contribution in [-0.4, -0.2) is 90.0 Å². The van der Waals surface area contributed by atoms with Gasteiger partial charge in [-0.15, -0.1) is 0 Å². The molecule has 2 aromatic rings. The van der Waals surface area contributed by atoms with Crippen molar-refractivity contribution in [2.24, 2.45) is 17.2 Å². The molecule has 15 nitrogen and oxygen atoms in total. The third-order valence-corrected chi connectivity index (χ3v) is 9.25. The molecule has 0 spiro atoms. The van der Waals surface area contributed by atoms with Crippen molar-refractivity contribution >= 4 is 35.5 Å². The van der Waals surface area contributed by atoms with Gasteiger partial charge in [-0.25, -0.2) is 0 Å². The van der Waals surface area contributed by atoms with Gasteiger partial charge >= 0.3 is 5.97 Å². The Morgan fingerprint density at radius 3 is 1.30 bits per heavy atom. The normalized spacial score (nSPS) is 14.2. The lowest BCUT2D eigenvalue weighted by Crippen LogP contribution is -2.46. The highest BCUT2D eigenvalue weighted by Crippen LogP contribution is 2.12. The van der Waals surface area contributed by atoms with Crippen LogP contribution in [0, 0.1) is 0 Å². The van der Waals surface area contributed by atoms with E-state index in [1.807, 2.05) is 60.7 Å². The highest BCUT2D eigenvalue weighted by molar-refractivity contribution is 5.83. The zero-order valence-corrected chi connectivity index (χ0v) is 33.7. The van der Waals surface area contributed by atoms with E-state index in [9.17, 15) is 33.9 Å². The van der Waals surface area contributed by atoms with Gasteiger partial charge in [0.2, 0.25) is 29.5 Å². The zero-order chi connectivity index (χ0) is 42.0. The molecule has 6 atom stereocenters. The maximum absolute atomic E-state index is 13.3. The molecule has 0 aliphatic rings. The lowest BCUT2D eigenvalue weighted by Gasteiger charge is -2.24. The van der Waals surface area contributed by atoms with Gasteiger partial charge in [0.05, 0.1) is 6.42 Å². The topological polar surface area (TPSA) is 261 Å². The molecule has 0 aromatic heterocycles. The van der Waals surface area contributed by atoms with E-state index in [1.54, 1.807) is 13.8 Å². The van der Waals surface area contributed by atoms with E-state index in [-0.39, 0.29) is 74.1 Å². The second kappa shape index (κ2) is 27.7. The fourth-order valence-electron chi connectivity index (χ4n) is 6.65. The van der Waals surface area contributed by atoms with Gasteiger partial charge in [0.15, 0.2) is 0 Å². The minimum Gasteiger partial charge on any atom is -0.481 e. The Morgan fingerprint density at radius 1 is 0.509 bits per heavy atom. The van der Waals surface area contributed by atoms with E-state index in [0.717, 1.165) is 24.0 Å². The Morgan fingerprint density at radius 2 is 0.877 bits per heavy atom. The van der Waals surface area contributed by atoms with Crippen LogP contribution >= 0.6 is 0 Å². The van der Waals surface area contributed by atoms with Crippen molar-refractivity contribution in [2.45, 2.75) is 140 Å². The number of hydrogen-bond acceptors (Lipinski definition) is 9. The first-order chi connectivity index (χ1) is 27.3. The summed E-state index contributed by atoms with van der Waals surface area (Å²) >= 11 is 0. The standard InChI is InChI=1S/C42H66N8O7/c1-29(45)21-37(51)47-33(17-9-11-19-43)25-40(54)49-35(23-31-13-5-3-6-14-31)27-39(53)46-30(2)22-38(52)48-34(18-10-12-20-44)26-41(55)50-36(28-42(56)57)24-32-15-7-4-8-16-32/h3-8,13-16,29-30,33-36H,9-12,17-28,43-45H2,1-2H3,(H,46,53)(H,47,51)(H,48,52)(H,49,54)(H,50,55)(H,56,57)/t29-,30-,33-,34-,35-,36-/m0/s1. The Bertz CT molecular complexity index is 1510. The van der Waals surface area contributed by atoms with E-state index in [1.165, 1.54) is 0 Å². The van der Waals surface area contributed by atoms with Crippen molar-refractivity contribution in [1.29, 1.82) is 0 Å². The van der Waals surface area contributed by atoms with Crippen LogP contribution < -0.4 is 43.8 Å². The summed E-state index contributed by atoms with van der Waals surface area (Å²) in [7, 11) is 0. The first-order valence-corrected chi connectivity index (χ1v) is 20.2. The van der Waals surface area contributed by atoms with E-state index < -0.39 is 36.2 Å². The van der Waals surface area contributed by atoms with Crippen molar-refractivity contribution in [3.63, 3.8) is 0 Å². The number of aliphatic carboxylic acids is 1. The molecule has 0 unspecified atom stereocenters. The highest BCUT2D eigenvalue weighted by atomic mass is 16.4. The van der Waals surface area contributed by atoms with Crippen molar-refractivity contribution < 1.29 is 33.9 Å². The number of nitrogens with two attached hydrogens (primary N) is 3. The van der Waals surface area contributed by atoms with Crippen LogP contribution in [0.4, 0.5) is 0 Å². The van der Waals surface area contributed by atoms with Gasteiger partial charge in [-0.05, 0) is 76.6 Å². The van der Waals surface area contributed by atoms with Gasteiger partial charge in [-0.2, -0.15) is 0 Å². The second-order valence-electron chi connectivity index (χ2n) is 15.1. The summed E-state index contributed by atoms with van der Waals surface area (Å²) in [6.45, 7) is 4.40. The number of carboxylic acid groups (broad SMARTS) is 1. The molecule has 2 aromatic carbocycles. The number of amides is 5. The van der Waals surface area contributed by atoms with Crippen LogP contribution in [0.25, 0.3) is 0 Å². The summed E-state index contributed by atoms with van der Waals surface area (Å²) in [4.78, 5) is 77.1. The fraction of sp³-hybridized carbons (Fsp3) is 0.571. The number of carboxylic acids is 1. The number of nitrogens with one attached hydrogen (secondary N) is 5. The van der Waals surface area contributed by atoms with Gasteiger partial charge < -0.3 is 48.9 Å². The first-order valence-electron chi connectivity index (χ1n) is 20.2. The van der Waals surface area contributed by atoms with Gasteiger partial charge in [0.25, 0.3) is 0 Å². The van der Waals surface area contributed by atoms with Crippen molar-refractivity contribution in [2.75, 3.05) is 13.1 Å². The molecule has 0 bridgehead atoms. The molecule has 316 valence electrons. The second-order valence-corrected chi connectivity index (χ2v) is 15.1. The molecule has 0 saturated carbocycles. The van der Waals surface area contributed by atoms with Crippen LogP contribution in [0.2, 0.25) is 0 Å². The number of unbranched alkanes of at least 4 members (excludes halogenated alkanes) is 2. The fourth-order valence-corrected chi connectivity index (χ4v) is 6.65. The quantitative estimate of drug-likeness (QED) is 0.0541. The van der Waals surface area contributed by atoms with Crippen LogP contribution in [-0.2, 0) is 41.6 Å². The Hall–Kier alpha value is -4.86. The molecule has 5 amide bonds. The number of carbonyl (C=O) groups excluding carboxylic acids is 5. The highest BCUT2D eigenvalue weighted by Gasteiger charge is 2.24. The predicted molar refractivity (Wildman–Crippen MR) is 220 cm³/mol. The van der Waals surface area contributed by atoms with Crippen LogP contribution in [0.5, 0.6) is 0 Å². The molecule has 0 fully saturated rings. The third kappa shape index (κ3) is 23.1. The van der Waals surface area contributed by atoms with Crippen LogP contribution in [0.3, 0.4) is 0 Å². The largest absolute Gasteiger partial charge is 0.481 e. The molecule has 0 aliphatic carbocycles. The molecule has 57 heavy (non-hydrogen) atoms. The smallest absolute Gasteiger partial charge is 0.305 e. The number of rotatable bonds is 29. The van der Waals surface area contributed by atoms with E-state index in [0.29, 0.717) is 51.6 Å². The summed E-state index contributed by atoms with van der Waals surface area (Å²) in [5.41, 5.74) is 19.0. The van der Waals surface area contributed by atoms with Crippen LogP contribution in [0.1, 0.15) is 102 Å². The maximum Gasteiger partial charge on any atom is 0.305 e. The van der Waals surface area contributed by atoms with Crippen LogP contribution in [0.15, 0.2) is 60.7 Å². The number of hydrogen-bond donors (Lipinski definition) is 9. The first kappa shape index (κ1) is 48.3. The number of carbonyl (C=O) groups is 6. The predicted octanol–water partition coefficient (Wildman–Crippen LogP) is 1.95. The molecule has 0 heterocycles. The van der Waals surface area contributed by atoms with E-state index >= 15 is 0 Å². The van der Waals surface area contributed by atoms with Crippen molar-refractivity contribution in [3.05, 3.63) is 71.8 Å². The van der Waals surface area contributed by atoms with E-state index in [2.05, 4.69) is 26.6 Å². The molecular weight excluding hydrogens is 729 g/mol. The summed E-state index contributed by atoms with van der Waals surface area (Å²) in [6.07, 6.45) is 4.40. The maximum atomic E-state index is 13.3. The van der Waals surface area contributed by atoms with Crippen molar-refractivity contribution in [1.82, 2.24) is 26.6 Å². The zero-order valence-electron chi connectivity index (χ0n) is 33.7. The molecule has 2 rings (SSSR count).